The van der Waals surface area contributed by atoms with E-state index in [2.05, 4.69) is 15.0 Å². The molecule has 0 saturated heterocycles. The molecule has 0 spiro atoms. The molecule has 2 rings (SSSR count). The van der Waals surface area contributed by atoms with Crippen molar-refractivity contribution in [1.29, 1.82) is 0 Å². The van der Waals surface area contributed by atoms with Crippen LogP contribution in [0.25, 0.3) is 0 Å². The molecule has 0 radical (unpaired) electrons. The standard InChI is InChI=1S/C13H18N4O2S2/c1-2-17-21(18,19)10-3-4-11(14)12(9-10)15-6-5-13-16-7-8-20-13/h3-4,7-9,15,17H,2,5-6,14H2,1H3. The second-order valence-electron chi connectivity index (χ2n) is 4.35. The maximum atomic E-state index is 12.0. The van der Waals surface area contributed by atoms with E-state index in [9.17, 15) is 8.42 Å². The number of rotatable bonds is 7. The molecule has 0 atom stereocenters. The molecule has 8 heteroatoms. The Morgan fingerprint density at radius 1 is 1.38 bits per heavy atom. The van der Waals surface area contributed by atoms with Gasteiger partial charge in [0.15, 0.2) is 0 Å². The van der Waals surface area contributed by atoms with Gasteiger partial charge < -0.3 is 11.1 Å². The number of hydrogen-bond donors (Lipinski definition) is 3. The summed E-state index contributed by atoms with van der Waals surface area (Å²) < 4.78 is 26.4. The van der Waals surface area contributed by atoms with Crippen molar-refractivity contribution in [2.75, 3.05) is 24.1 Å². The minimum atomic E-state index is -3.47. The van der Waals surface area contributed by atoms with Gasteiger partial charge in [0.05, 0.1) is 21.3 Å². The minimum absolute atomic E-state index is 0.204. The first-order valence-corrected chi connectivity index (χ1v) is 8.90. The Bertz CT molecular complexity index is 684. The fourth-order valence-corrected chi connectivity index (χ4v) is 3.50. The predicted molar refractivity (Wildman–Crippen MR) is 86.0 cm³/mol. The summed E-state index contributed by atoms with van der Waals surface area (Å²) in [5.74, 6) is 0. The third kappa shape index (κ3) is 4.16. The van der Waals surface area contributed by atoms with Crippen LogP contribution in [0.4, 0.5) is 11.4 Å². The molecule has 0 bridgehead atoms. The van der Waals surface area contributed by atoms with Gasteiger partial charge in [0.2, 0.25) is 10.0 Å². The van der Waals surface area contributed by atoms with E-state index in [4.69, 9.17) is 5.73 Å². The lowest BCUT2D eigenvalue weighted by Crippen LogP contribution is -2.23. The highest BCUT2D eigenvalue weighted by molar-refractivity contribution is 7.89. The predicted octanol–water partition coefficient (Wildman–Crippen LogP) is 1.68. The third-order valence-electron chi connectivity index (χ3n) is 2.81. The number of nitrogen functional groups attached to an aromatic ring is 1. The smallest absolute Gasteiger partial charge is 0.240 e. The Labute approximate surface area is 128 Å². The molecule has 21 heavy (non-hydrogen) atoms. The molecule has 0 aliphatic rings. The summed E-state index contributed by atoms with van der Waals surface area (Å²) in [6.07, 6.45) is 2.53. The Morgan fingerprint density at radius 2 is 2.19 bits per heavy atom. The number of benzene rings is 1. The molecular weight excluding hydrogens is 308 g/mol. The molecule has 0 saturated carbocycles. The van der Waals surface area contributed by atoms with E-state index in [0.29, 0.717) is 24.5 Å². The summed E-state index contributed by atoms with van der Waals surface area (Å²) in [5, 5.41) is 6.10. The molecule has 0 aliphatic heterocycles. The van der Waals surface area contributed by atoms with Gasteiger partial charge in [-0.15, -0.1) is 11.3 Å². The fourth-order valence-electron chi connectivity index (χ4n) is 1.81. The van der Waals surface area contributed by atoms with Crippen LogP contribution in [0, 0.1) is 0 Å². The number of hydrogen-bond acceptors (Lipinski definition) is 6. The van der Waals surface area contributed by atoms with Gasteiger partial charge in [-0.3, -0.25) is 0 Å². The maximum absolute atomic E-state index is 12.0. The lowest BCUT2D eigenvalue weighted by Gasteiger charge is -2.11. The van der Waals surface area contributed by atoms with E-state index in [-0.39, 0.29) is 4.90 Å². The van der Waals surface area contributed by atoms with Gasteiger partial charge in [-0.25, -0.2) is 18.1 Å². The second-order valence-corrected chi connectivity index (χ2v) is 7.10. The summed E-state index contributed by atoms with van der Waals surface area (Å²) in [6, 6.07) is 4.64. The Kier molecular flexibility index (Phi) is 5.16. The topological polar surface area (TPSA) is 97.1 Å². The van der Waals surface area contributed by atoms with Gasteiger partial charge in [-0.2, -0.15) is 0 Å². The Morgan fingerprint density at radius 3 is 2.86 bits per heavy atom. The first-order valence-electron chi connectivity index (χ1n) is 6.54. The van der Waals surface area contributed by atoms with Crippen LogP contribution >= 0.6 is 11.3 Å². The Balaban J connectivity index is 2.08. The van der Waals surface area contributed by atoms with Crippen LogP contribution in [-0.4, -0.2) is 26.5 Å². The fraction of sp³-hybridized carbons (Fsp3) is 0.308. The molecule has 6 nitrogen and oxygen atoms in total. The molecule has 1 aromatic carbocycles. The zero-order chi connectivity index (χ0) is 15.3. The van der Waals surface area contributed by atoms with Gasteiger partial charge in [-0.1, -0.05) is 6.92 Å². The van der Waals surface area contributed by atoms with Crippen LogP contribution in [-0.2, 0) is 16.4 Å². The van der Waals surface area contributed by atoms with Crippen molar-refractivity contribution in [3.63, 3.8) is 0 Å². The molecule has 0 amide bonds. The molecule has 1 aromatic heterocycles. The van der Waals surface area contributed by atoms with E-state index in [1.165, 1.54) is 6.07 Å². The van der Waals surface area contributed by atoms with Crippen LogP contribution < -0.4 is 15.8 Å². The van der Waals surface area contributed by atoms with Crippen LogP contribution in [0.3, 0.4) is 0 Å². The largest absolute Gasteiger partial charge is 0.397 e. The average molecular weight is 326 g/mol. The monoisotopic (exact) mass is 326 g/mol. The summed E-state index contributed by atoms with van der Waals surface area (Å²) in [7, 11) is -3.47. The highest BCUT2D eigenvalue weighted by atomic mass is 32.2. The first kappa shape index (κ1) is 15.7. The van der Waals surface area contributed by atoms with Gasteiger partial charge in [0.25, 0.3) is 0 Å². The van der Waals surface area contributed by atoms with Crippen molar-refractivity contribution >= 4 is 32.7 Å². The van der Waals surface area contributed by atoms with E-state index in [0.717, 1.165) is 11.4 Å². The number of sulfonamides is 1. The second kappa shape index (κ2) is 6.88. The number of anilines is 2. The lowest BCUT2D eigenvalue weighted by molar-refractivity contribution is 0.584. The zero-order valence-electron chi connectivity index (χ0n) is 11.7. The van der Waals surface area contributed by atoms with Crippen LogP contribution in [0.5, 0.6) is 0 Å². The maximum Gasteiger partial charge on any atom is 0.240 e. The van der Waals surface area contributed by atoms with Gasteiger partial charge >= 0.3 is 0 Å². The molecule has 0 aliphatic carbocycles. The van der Waals surface area contributed by atoms with Crippen molar-refractivity contribution in [2.24, 2.45) is 0 Å². The van der Waals surface area contributed by atoms with Crippen molar-refractivity contribution < 1.29 is 8.42 Å². The zero-order valence-corrected chi connectivity index (χ0v) is 13.3. The van der Waals surface area contributed by atoms with E-state index in [1.807, 2.05) is 5.38 Å². The van der Waals surface area contributed by atoms with Crippen LogP contribution in [0.1, 0.15) is 11.9 Å². The molecule has 0 fully saturated rings. The minimum Gasteiger partial charge on any atom is -0.397 e. The van der Waals surface area contributed by atoms with Gasteiger partial charge in [0.1, 0.15) is 0 Å². The van der Waals surface area contributed by atoms with E-state index in [1.54, 1.807) is 36.6 Å². The molecule has 0 unspecified atom stereocenters. The molecule has 1 heterocycles. The summed E-state index contributed by atoms with van der Waals surface area (Å²) in [5.41, 5.74) is 7.01. The normalized spacial score (nSPS) is 11.5. The van der Waals surface area contributed by atoms with Gasteiger partial charge in [-0.05, 0) is 18.2 Å². The highest BCUT2D eigenvalue weighted by Gasteiger charge is 2.14. The summed E-state index contributed by atoms with van der Waals surface area (Å²) in [6.45, 7) is 2.73. The average Bonchev–Trinajstić information content (AvgIpc) is 2.94. The molecule has 2 aromatic rings. The van der Waals surface area contributed by atoms with E-state index >= 15 is 0 Å². The summed E-state index contributed by atoms with van der Waals surface area (Å²) in [4.78, 5) is 4.40. The van der Waals surface area contributed by atoms with Crippen molar-refractivity contribution in [2.45, 2.75) is 18.2 Å². The number of nitrogens with two attached hydrogens (primary N) is 1. The highest BCUT2D eigenvalue weighted by Crippen LogP contribution is 2.22. The van der Waals surface area contributed by atoms with Crippen molar-refractivity contribution in [3.8, 4) is 0 Å². The number of nitrogens with one attached hydrogen (secondary N) is 2. The third-order valence-corrected chi connectivity index (χ3v) is 5.19. The Hall–Kier alpha value is -1.64. The van der Waals surface area contributed by atoms with Crippen LogP contribution in [0.15, 0.2) is 34.7 Å². The van der Waals surface area contributed by atoms with E-state index < -0.39 is 10.0 Å². The number of nitrogens with zero attached hydrogens (tertiary/aromatic N) is 1. The SMILES string of the molecule is CCNS(=O)(=O)c1ccc(N)c(NCCc2nccs2)c1. The van der Waals surface area contributed by atoms with Crippen molar-refractivity contribution in [3.05, 3.63) is 34.8 Å². The molecule has 4 N–H and O–H groups in total. The quantitative estimate of drug-likeness (QED) is 0.673. The number of aromatic nitrogens is 1. The number of thiazole rings is 1. The molecule has 114 valence electrons. The lowest BCUT2D eigenvalue weighted by atomic mass is 10.2. The first-order chi connectivity index (χ1) is 10.0. The molecular formula is C13H18N4O2S2. The van der Waals surface area contributed by atoms with Crippen molar-refractivity contribution in [1.82, 2.24) is 9.71 Å². The van der Waals surface area contributed by atoms with Crippen LogP contribution in [0.2, 0.25) is 0 Å². The summed E-state index contributed by atoms with van der Waals surface area (Å²) >= 11 is 1.59. The van der Waals surface area contributed by atoms with Gasteiger partial charge in [0, 0.05) is 31.1 Å².